The van der Waals surface area contributed by atoms with Gasteiger partial charge in [-0.15, -0.1) is 21.2 Å². The lowest BCUT2D eigenvalue weighted by Crippen LogP contribution is -1.83. The Hall–Kier alpha value is -1.49. The second kappa shape index (κ2) is 3.27. The van der Waals surface area contributed by atoms with Gasteiger partial charge in [-0.1, -0.05) is 0 Å². The molecular weight excluding hydrogens is 172 g/mol. The Bertz CT molecular complexity index is 312. The van der Waals surface area contributed by atoms with Gasteiger partial charge >= 0.3 is 0 Å². The van der Waals surface area contributed by atoms with E-state index < -0.39 is 0 Å². The molecule has 0 aliphatic carbocycles. The molecule has 0 N–H and O–H groups in total. The SMILES string of the molecule is c1csc(/N=N/n2cccn2)c1. The van der Waals surface area contributed by atoms with Crippen LogP contribution in [-0.4, -0.2) is 9.89 Å². The van der Waals surface area contributed by atoms with Crippen molar-refractivity contribution in [1.82, 2.24) is 9.89 Å². The maximum absolute atomic E-state index is 3.95. The van der Waals surface area contributed by atoms with Crippen molar-refractivity contribution >= 4 is 16.3 Å². The summed E-state index contributed by atoms with van der Waals surface area (Å²) in [6.45, 7) is 0. The van der Waals surface area contributed by atoms with E-state index in [0.29, 0.717) is 0 Å². The van der Waals surface area contributed by atoms with Gasteiger partial charge in [-0.3, -0.25) is 0 Å². The molecule has 0 bridgehead atoms. The van der Waals surface area contributed by atoms with Crippen molar-refractivity contribution in [2.24, 2.45) is 10.3 Å². The van der Waals surface area contributed by atoms with Crippen LogP contribution in [0.5, 0.6) is 0 Å². The second-order valence-corrected chi connectivity index (χ2v) is 2.99. The van der Waals surface area contributed by atoms with Crippen molar-refractivity contribution in [3.63, 3.8) is 0 Å². The summed E-state index contributed by atoms with van der Waals surface area (Å²) in [5.74, 6) is 0. The molecule has 0 unspecified atom stereocenters. The Balaban J connectivity index is 2.14. The zero-order valence-electron chi connectivity index (χ0n) is 6.16. The summed E-state index contributed by atoms with van der Waals surface area (Å²) >= 11 is 1.54. The van der Waals surface area contributed by atoms with Crippen molar-refractivity contribution in [3.05, 3.63) is 36.0 Å². The maximum Gasteiger partial charge on any atom is 0.140 e. The molecule has 2 rings (SSSR count). The monoisotopic (exact) mass is 178 g/mol. The van der Waals surface area contributed by atoms with Crippen molar-refractivity contribution < 1.29 is 0 Å². The van der Waals surface area contributed by atoms with Gasteiger partial charge < -0.3 is 0 Å². The highest BCUT2D eigenvalue weighted by molar-refractivity contribution is 7.13. The van der Waals surface area contributed by atoms with Crippen molar-refractivity contribution in [1.29, 1.82) is 0 Å². The van der Waals surface area contributed by atoms with Gasteiger partial charge in [0, 0.05) is 0 Å². The Morgan fingerprint density at radius 3 is 3.08 bits per heavy atom. The van der Waals surface area contributed by atoms with Gasteiger partial charge in [0.05, 0.1) is 12.4 Å². The average Bonchev–Trinajstić information content (AvgIpc) is 2.74. The number of nitrogens with zero attached hydrogens (tertiary/aromatic N) is 4. The van der Waals surface area contributed by atoms with E-state index in [4.69, 9.17) is 0 Å². The summed E-state index contributed by atoms with van der Waals surface area (Å²) in [7, 11) is 0. The number of rotatable bonds is 2. The molecule has 12 heavy (non-hydrogen) atoms. The van der Waals surface area contributed by atoms with Crippen molar-refractivity contribution in [2.75, 3.05) is 0 Å². The zero-order chi connectivity index (χ0) is 8.23. The fraction of sp³-hybridized carbons (Fsp3) is 0. The predicted octanol–water partition coefficient (Wildman–Crippen LogP) is 2.49. The third-order valence-electron chi connectivity index (χ3n) is 1.23. The molecule has 0 radical (unpaired) electrons. The molecule has 5 heteroatoms. The lowest BCUT2D eigenvalue weighted by atomic mass is 10.6. The number of hydrogen-bond donors (Lipinski definition) is 0. The normalized spacial score (nSPS) is 11.0. The van der Waals surface area contributed by atoms with Crippen LogP contribution in [0.4, 0.5) is 5.00 Å². The Kier molecular flexibility index (Phi) is 1.96. The maximum atomic E-state index is 3.95. The van der Waals surface area contributed by atoms with Gasteiger partial charge in [0.25, 0.3) is 0 Å². The smallest absolute Gasteiger partial charge is 0.140 e. The van der Waals surface area contributed by atoms with Crippen LogP contribution in [0.2, 0.25) is 0 Å². The lowest BCUT2D eigenvalue weighted by molar-refractivity contribution is 0.693. The van der Waals surface area contributed by atoms with Crippen LogP contribution in [0.1, 0.15) is 0 Å². The lowest BCUT2D eigenvalue weighted by Gasteiger charge is -1.84. The Morgan fingerprint density at radius 1 is 1.42 bits per heavy atom. The zero-order valence-corrected chi connectivity index (χ0v) is 6.98. The molecule has 60 valence electrons. The Morgan fingerprint density at radius 2 is 2.42 bits per heavy atom. The summed E-state index contributed by atoms with van der Waals surface area (Å²) in [6.07, 6.45) is 3.39. The molecule has 4 nitrogen and oxygen atoms in total. The number of thiophene rings is 1. The highest BCUT2D eigenvalue weighted by atomic mass is 32.1. The van der Waals surface area contributed by atoms with E-state index in [-0.39, 0.29) is 0 Å². The van der Waals surface area contributed by atoms with Crippen LogP contribution < -0.4 is 0 Å². The summed E-state index contributed by atoms with van der Waals surface area (Å²) in [4.78, 5) is 1.42. The minimum absolute atomic E-state index is 0.880. The van der Waals surface area contributed by atoms with Crippen LogP contribution in [0.25, 0.3) is 0 Å². The van der Waals surface area contributed by atoms with Gasteiger partial charge in [0.15, 0.2) is 0 Å². The number of hydrogen-bond acceptors (Lipinski definition) is 4. The third-order valence-corrected chi connectivity index (χ3v) is 1.98. The van der Waals surface area contributed by atoms with E-state index in [1.54, 1.807) is 29.8 Å². The molecule has 2 aromatic heterocycles. The molecule has 0 amide bonds. The topological polar surface area (TPSA) is 42.5 Å². The van der Waals surface area contributed by atoms with Gasteiger partial charge in [-0.05, 0) is 28.8 Å². The quantitative estimate of drug-likeness (QED) is 0.651. The summed E-state index contributed by atoms with van der Waals surface area (Å²) in [5, 5.41) is 14.5. The highest BCUT2D eigenvalue weighted by Crippen LogP contribution is 2.18. The largest absolute Gasteiger partial charge is 0.158 e. The van der Waals surface area contributed by atoms with Gasteiger partial charge in [0.2, 0.25) is 0 Å². The highest BCUT2D eigenvalue weighted by Gasteiger charge is 1.87. The van der Waals surface area contributed by atoms with Crippen molar-refractivity contribution in [3.8, 4) is 0 Å². The molecule has 0 aromatic carbocycles. The van der Waals surface area contributed by atoms with E-state index >= 15 is 0 Å². The van der Waals surface area contributed by atoms with Crippen LogP contribution >= 0.6 is 11.3 Å². The van der Waals surface area contributed by atoms with Crippen LogP contribution in [-0.2, 0) is 0 Å². The van der Waals surface area contributed by atoms with Crippen molar-refractivity contribution in [2.45, 2.75) is 0 Å². The summed E-state index contributed by atoms with van der Waals surface area (Å²) in [5.41, 5.74) is 0. The fourth-order valence-electron chi connectivity index (χ4n) is 0.730. The van der Waals surface area contributed by atoms with E-state index in [2.05, 4.69) is 15.4 Å². The standard InChI is InChI=1S/C7H6N4S/c1-3-7(12-6-1)9-10-11-5-2-4-8-11/h1-6H/b10-9+. The summed E-state index contributed by atoms with van der Waals surface area (Å²) in [6, 6.07) is 5.63. The Labute approximate surface area is 73.2 Å². The minimum atomic E-state index is 0.880. The fourth-order valence-corrected chi connectivity index (χ4v) is 1.27. The summed E-state index contributed by atoms with van der Waals surface area (Å²) < 4.78 is 0. The van der Waals surface area contributed by atoms with E-state index in [0.717, 1.165) is 5.00 Å². The van der Waals surface area contributed by atoms with E-state index in [1.807, 2.05) is 17.5 Å². The average molecular weight is 178 g/mol. The first-order valence-corrected chi connectivity index (χ1v) is 4.28. The molecule has 2 aromatic rings. The predicted molar refractivity (Wildman–Crippen MR) is 46.5 cm³/mol. The molecule has 0 saturated heterocycles. The molecule has 2 heterocycles. The first-order valence-electron chi connectivity index (χ1n) is 3.40. The molecule has 0 aliphatic heterocycles. The van der Waals surface area contributed by atoms with Gasteiger partial charge in [0.1, 0.15) is 5.00 Å². The molecular formula is C7H6N4S. The first-order chi connectivity index (χ1) is 5.95. The van der Waals surface area contributed by atoms with E-state index in [9.17, 15) is 0 Å². The van der Waals surface area contributed by atoms with Gasteiger partial charge in [-0.2, -0.15) is 5.10 Å². The molecule has 0 aliphatic rings. The molecule has 0 fully saturated rings. The second-order valence-electron chi connectivity index (χ2n) is 2.07. The van der Waals surface area contributed by atoms with Crippen LogP contribution in [0.15, 0.2) is 46.3 Å². The van der Waals surface area contributed by atoms with Gasteiger partial charge in [-0.25, -0.2) is 0 Å². The molecule has 0 spiro atoms. The van der Waals surface area contributed by atoms with Crippen LogP contribution in [0.3, 0.4) is 0 Å². The van der Waals surface area contributed by atoms with Crippen LogP contribution in [0, 0.1) is 0 Å². The minimum Gasteiger partial charge on any atom is -0.158 e. The third kappa shape index (κ3) is 1.57. The molecule has 0 saturated carbocycles. The first kappa shape index (κ1) is 7.17. The van der Waals surface area contributed by atoms with E-state index in [1.165, 1.54) is 4.79 Å². The number of aromatic nitrogens is 2. The molecule has 0 atom stereocenters.